The number of hydrogen-bond acceptors (Lipinski definition) is 5. The fourth-order valence-corrected chi connectivity index (χ4v) is 1.86. The second kappa shape index (κ2) is 7.66. The highest BCUT2D eigenvalue weighted by Crippen LogP contribution is 2.15. The van der Waals surface area contributed by atoms with Gasteiger partial charge in [0.1, 0.15) is 17.2 Å². The molecule has 0 saturated heterocycles. The monoisotopic (exact) mass is 336 g/mol. The number of amides is 1. The van der Waals surface area contributed by atoms with E-state index in [-0.39, 0.29) is 0 Å². The van der Waals surface area contributed by atoms with Gasteiger partial charge in [-0.05, 0) is 65.7 Å². The van der Waals surface area contributed by atoms with Crippen molar-refractivity contribution in [2.24, 2.45) is 5.73 Å². The van der Waals surface area contributed by atoms with E-state index >= 15 is 0 Å². The Balaban J connectivity index is 2.58. The van der Waals surface area contributed by atoms with Gasteiger partial charge in [0.15, 0.2) is 0 Å². The van der Waals surface area contributed by atoms with E-state index < -0.39 is 29.3 Å². The molecular weight excluding hydrogens is 308 g/mol. The Morgan fingerprint density at radius 2 is 1.50 bits per heavy atom. The Labute approximate surface area is 143 Å². The van der Waals surface area contributed by atoms with Gasteiger partial charge in [-0.2, -0.15) is 0 Å². The van der Waals surface area contributed by atoms with E-state index in [1.165, 1.54) is 0 Å². The molecule has 0 spiro atoms. The molecule has 134 valence electrons. The van der Waals surface area contributed by atoms with Crippen molar-refractivity contribution in [1.29, 1.82) is 0 Å². The zero-order valence-corrected chi connectivity index (χ0v) is 15.3. The molecule has 0 bridgehead atoms. The molecule has 3 N–H and O–H groups in total. The zero-order valence-electron chi connectivity index (χ0n) is 15.3. The lowest BCUT2D eigenvalue weighted by Crippen LogP contribution is -2.38. The standard InChI is InChI=1S/C18H28N2O4/c1-17(2,3)23-15(21)14(19)11-12-7-9-13(10-8-12)20-16(22)24-18(4,5)6/h7-10,14H,11,19H2,1-6H3,(H,20,22). The van der Waals surface area contributed by atoms with Gasteiger partial charge >= 0.3 is 12.1 Å². The van der Waals surface area contributed by atoms with Crippen molar-refractivity contribution < 1.29 is 19.1 Å². The molecule has 1 unspecified atom stereocenters. The molecule has 0 aliphatic rings. The quantitative estimate of drug-likeness (QED) is 0.824. The van der Waals surface area contributed by atoms with Gasteiger partial charge in [0.2, 0.25) is 0 Å². The molecule has 0 fully saturated rings. The molecule has 0 aliphatic heterocycles. The first-order valence-corrected chi connectivity index (χ1v) is 7.93. The first-order chi connectivity index (χ1) is 10.9. The van der Waals surface area contributed by atoms with Crippen LogP contribution in [0.5, 0.6) is 0 Å². The smallest absolute Gasteiger partial charge is 0.412 e. The lowest BCUT2D eigenvalue weighted by Gasteiger charge is -2.22. The molecular formula is C18H28N2O4. The summed E-state index contributed by atoms with van der Waals surface area (Å²) in [5, 5.41) is 2.65. The average molecular weight is 336 g/mol. The van der Waals surface area contributed by atoms with Crippen LogP contribution >= 0.6 is 0 Å². The van der Waals surface area contributed by atoms with E-state index in [9.17, 15) is 9.59 Å². The number of esters is 1. The molecule has 0 saturated carbocycles. The second-order valence-corrected chi connectivity index (χ2v) is 7.67. The van der Waals surface area contributed by atoms with E-state index in [2.05, 4.69) is 5.32 Å². The summed E-state index contributed by atoms with van der Waals surface area (Å²) in [4.78, 5) is 23.6. The van der Waals surface area contributed by atoms with Crippen LogP contribution in [-0.2, 0) is 20.7 Å². The van der Waals surface area contributed by atoms with E-state index in [1.807, 2.05) is 0 Å². The SMILES string of the molecule is CC(C)(C)OC(=O)Nc1ccc(CC(N)C(=O)OC(C)(C)C)cc1. The third kappa shape index (κ3) is 7.97. The van der Waals surface area contributed by atoms with Gasteiger partial charge < -0.3 is 15.2 Å². The van der Waals surface area contributed by atoms with Crippen LogP contribution < -0.4 is 11.1 Å². The molecule has 1 rings (SSSR count). The molecule has 0 heterocycles. The molecule has 1 amide bonds. The largest absolute Gasteiger partial charge is 0.459 e. The van der Waals surface area contributed by atoms with E-state index in [1.54, 1.807) is 65.8 Å². The third-order valence-corrected chi connectivity index (χ3v) is 2.76. The van der Waals surface area contributed by atoms with Gasteiger partial charge in [0, 0.05) is 5.69 Å². The minimum absolute atomic E-state index is 0.363. The van der Waals surface area contributed by atoms with E-state index in [0.29, 0.717) is 12.1 Å². The molecule has 24 heavy (non-hydrogen) atoms. The number of benzene rings is 1. The summed E-state index contributed by atoms with van der Waals surface area (Å²) in [7, 11) is 0. The highest BCUT2D eigenvalue weighted by Gasteiger charge is 2.22. The number of nitrogens with two attached hydrogens (primary N) is 1. The number of carbonyl (C=O) groups excluding carboxylic acids is 2. The van der Waals surface area contributed by atoms with Gasteiger partial charge in [-0.3, -0.25) is 10.1 Å². The minimum atomic E-state index is -0.728. The Morgan fingerprint density at radius 1 is 1.00 bits per heavy atom. The summed E-state index contributed by atoms with van der Waals surface area (Å²) in [6.45, 7) is 10.8. The molecule has 1 aromatic rings. The van der Waals surface area contributed by atoms with Gasteiger partial charge in [-0.1, -0.05) is 12.1 Å². The topological polar surface area (TPSA) is 90.6 Å². The normalized spacial score (nSPS) is 13.1. The van der Waals surface area contributed by atoms with Crippen molar-refractivity contribution in [3.8, 4) is 0 Å². The third-order valence-electron chi connectivity index (χ3n) is 2.76. The average Bonchev–Trinajstić information content (AvgIpc) is 2.36. The summed E-state index contributed by atoms with van der Waals surface area (Å²) in [5.41, 5.74) is 6.26. The van der Waals surface area contributed by atoms with Crippen LogP contribution in [0.15, 0.2) is 24.3 Å². The fourth-order valence-electron chi connectivity index (χ4n) is 1.86. The highest BCUT2D eigenvalue weighted by atomic mass is 16.6. The number of nitrogens with one attached hydrogen (secondary N) is 1. The molecule has 0 aromatic heterocycles. The van der Waals surface area contributed by atoms with Crippen LogP contribution in [0, 0.1) is 0 Å². The number of carbonyl (C=O) groups is 2. The van der Waals surface area contributed by atoms with Gasteiger partial charge in [0.25, 0.3) is 0 Å². The van der Waals surface area contributed by atoms with Crippen LogP contribution in [0.25, 0.3) is 0 Å². The van der Waals surface area contributed by atoms with E-state index in [0.717, 1.165) is 5.56 Å². The van der Waals surface area contributed by atoms with Crippen LogP contribution in [0.3, 0.4) is 0 Å². The maximum absolute atomic E-state index is 11.9. The minimum Gasteiger partial charge on any atom is -0.459 e. The van der Waals surface area contributed by atoms with Crippen molar-refractivity contribution in [3.63, 3.8) is 0 Å². The summed E-state index contributed by atoms with van der Waals surface area (Å²) >= 11 is 0. The number of hydrogen-bond donors (Lipinski definition) is 2. The summed E-state index contributed by atoms with van der Waals surface area (Å²) < 4.78 is 10.4. The Bertz CT molecular complexity index is 568. The molecule has 0 aliphatic carbocycles. The van der Waals surface area contributed by atoms with Crippen molar-refractivity contribution in [1.82, 2.24) is 0 Å². The summed E-state index contributed by atoms with van der Waals surface area (Å²) in [5.74, 6) is -0.432. The fraction of sp³-hybridized carbons (Fsp3) is 0.556. The van der Waals surface area contributed by atoms with E-state index in [4.69, 9.17) is 15.2 Å². The van der Waals surface area contributed by atoms with Crippen molar-refractivity contribution in [2.75, 3.05) is 5.32 Å². The lowest BCUT2D eigenvalue weighted by atomic mass is 10.1. The summed E-state index contributed by atoms with van der Waals surface area (Å²) in [6.07, 6.45) is -0.151. The maximum atomic E-state index is 11.9. The maximum Gasteiger partial charge on any atom is 0.412 e. The Kier molecular flexibility index (Phi) is 6.37. The number of rotatable bonds is 4. The predicted molar refractivity (Wildman–Crippen MR) is 93.8 cm³/mol. The van der Waals surface area contributed by atoms with Crippen LogP contribution in [0.4, 0.5) is 10.5 Å². The van der Waals surface area contributed by atoms with Gasteiger partial charge in [-0.15, -0.1) is 0 Å². The van der Waals surface area contributed by atoms with Crippen LogP contribution in [0.2, 0.25) is 0 Å². The molecule has 1 atom stereocenters. The van der Waals surface area contributed by atoms with Crippen LogP contribution in [0.1, 0.15) is 47.1 Å². The molecule has 1 aromatic carbocycles. The zero-order chi connectivity index (χ0) is 18.5. The number of ether oxygens (including phenoxy) is 2. The lowest BCUT2D eigenvalue weighted by molar-refractivity contribution is -0.156. The Morgan fingerprint density at radius 3 is 1.96 bits per heavy atom. The molecule has 6 nitrogen and oxygen atoms in total. The Hall–Kier alpha value is -2.08. The van der Waals surface area contributed by atoms with Gasteiger partial charge in [0.05, 0.1) is 0 Å². The van der Waals surface area contributed by atoms with Gasteiger partial charge in [-0.25, -0.2) is 4.79 Å². The summed E-state index contributed by atoms with van der Waals surface area (Å²) in [6, 6.07) is 6.35. The first kappa shape index (κ1) is 20.0. The highest BCUT2D eigenvalue weighted by molar-refractivity contribution is 5.84. The molecule has 6 heteroatoms. The van der Waals surface area contributed by atoms with Crippen molar-refractivity contribution in [2.45, 2.75) is 65.2 Å². The second-order valence-electron chi connectivity index (χ2n) is 7.67. The first-order valence-electron chi connectivity index (χ1n) is 7.93. The molecule has 0 radical (unpaired) electrons. The van der Waals surface area contributed by atoms with Crippen LogP contribution in [-0.4, -0.2) is 29.3 Å². The predicted octanol–water partition coefficient (Wildman–Crippen LogP) is 3.25. The van der Waals surface area contributed by atoms with Crippen molar-refractivity contribution in [3.05, 3.63) is 29.8 Å². The number of anilines is 1. The van der Waals surface area contributed by atoms with Crippen molar-refractivity contribution >= 4 is 17.7 Å².